The maximum absolute atomic E-state index is 12.2. The Morgan fingerprint density at radius 2 is 2.00 bits per heavy atom. The van der Waals surface area contributed by atoms with Crippen molar-refractivity contribution in [2.75, 3.05) is 11.9 Å². The fraction of sp³-hybridized carbons (Fsp3) is 0.385. The van der Waals surface area contributed by atoms with Gasteiger partial charge in [-0.05, 0) is 25.0 Å². The standard InChI is InChI=1S/C13H14F2N2O4/c14-11(15)21-9-4-2-1-3-8(9)17-12(20)16-7-13(5-6-13)10(18)19/h1-4,11H,5-7H2,(H,18,19)(H2,16,17,20). The summed E-state index contributed by atoms with van der Waals surface area (Å²) < 4.78 is 28.7. The first-order chi connectivity index (χ1) is 9.93. The zero-order valence-corrected chi connectivity index (χ0v) is 10.9. The molecule has 1 saturated carbocycles. The van der Waals surface area contributed by atoms with Gasteiger partial charge in [-0.25, -0.2) is 4.79 Å². The van der Waals surface area contributed by atoms with Gasteiger partial charge < -0.3 is 20.5 Å². The minimum Gasteiger partial charge on any atom is -0.481 e. The lowest BCUT2D eigenvalue weighted by Crippen LogP contribution is -2.36. The summed E-state index contributed by atoms with van der Waals surface area (Å²) in [6.07, 6.45) is 1.02. The molecule has 0 radical (unpaired) electrons. The first-order valence-electron chi connectivity index (χ1n) is 6.25. The highest BCUT2D eigenvalue weighted by molar-refractivity contribution is 5.91. The largest absolute Gasteiger partial charge is 0.481 e. The van der Waals surface area contributed by atoms with Crippen LogP contribution in [0.4, 0.5) is 19.3 Å². The summed E-state index contributed by atoms with van der Waals surface area (Å²) in [5.41, 5.74) is -0.813. The molecule has 0 spiro atoms. The topological polar surface area (TPSA) is 87.7 Å². The second-order valence-electron chi connectivity index (χ2n) is 4.77. The second kappa shape index (κ2) is 5.94. The van der Waals surface area contributed by atoms with Crippen LogP contribution in [0.25, 0.3) is 0 Å². The molecule has 0 atom stereocenters. The quantitative estimate of drug-likeness (QED) is 0.752. The molecule has 0 saturated heterocycles. The van der Waals surface area contributed by atoms with Crippen molar-refractivity contribution in [2.24, 2.45) is 5.41 Å². The van der Waals surface area contributed by atoms with Gasteiger partial charge in [0.15, 0.2) is 0 Å². The number of carbonyl (C=O) groups is 2. The van der Waals surface area contributed by atoms with E-state index in [-0.39, 0.29) is 18.0 Å². The molecule has 1 aliphatic carbocycles. The normalized spacial score (nSPS) is 15.4. The van der Waals surface area contributed by atoms with Crippen LogP contribution in [-0.4, -0.2) is 30.3 Å². The van der Waals surface area contributed by atoms with Gasteiger partial charge in [0.1, 0.15) is 5.75 Å². The maximum atomic E-state index is 12.2. The van der Waals surface area contributed by atoms with Crippen LogP contribution in [0.3, 0.4) is 0 Å². The summed E-state index contributed by atoms with van der Waals surface area (Å²) in [5.74, 6) is -1.12. The van der Waals surface area contributed by atoms with Crippen molar-refractivity contribution in [3.63, 3.8) is 0 Å². The average Bonchev–Trinajstić information content (AvgIpc) is 3.19. The van der Waals surface area contributed by atoms with Crippen LogP contribution in [0.1, 0.15) is 12.8 Å². The number of halogens is 2. The number of anilines is 1. The third kappa shape index (κ3) is 3.80. The van der Waals surface area contributed by atoms with E-state index < -0.39 is 24.0 Å². The van der Waals surface area contributed by atoms with Crippen LogP contribution in [-0.2, 0) is 4.79 Å². The zero-order valence-electron chi connectivity index (χ0n) is 10.9. The number of amides is 2. The maximum Gasteiger partial charge on any atom is 0.387 e. The Balaban J connectivity index is 1.92. The molecular weight excluding hydrogens is 286 g/mol. The third-order valence-electron chi connectivity index (χ3n) is 3.25. The number of aliphatic carboxylic acids is 1. The molecule has 1 fully saturated rings. The molecule has 0 aromatic heterocycles. The number of rotatable bonds is 6. The van der Waals surface area contributed by atoms with Gasteiger partial charge in [0.05, 0.1) is 11.1 Å². The van der Waals surface area contributed by atoms with Crippen molar-refractivity contribution in [1.82, 2.24) is 5.32 Å². The first-order valence-corrected chi connectivity index (χ1v) is 6.25. The number of carbonyl (C=O) groups excluding carboxylic acids is 1. The molecule has 0 bridgehead atoms. The van der Waals surface area contributed by atoms with E-state index in [0.717, 1.165) is 0 Å². The van der Waals surface area contributed by atoms with Crippen LogP contribution in [0.5, 0.6) is 5.75 Å². The number of para-hydroxylation sites is 2. The van der Waals surface area contributed by atoms with Crippen molar-refractivity contribution in [3.05, 3.63) is 24.3 Å². The van der Waals surface area contributed by atoms with E-state index in [0.29, 0.717) is 12.8 Å². The summed E-state index contributed by atoms with van der Waals surface area (Å²) in [5, 5.41) is 13.8. The van der Waals surface area contributed by atoms with Gasteiger partial charge in [-0.2, -0.15) is 8.78 Å². The second-order valence-corrected chi connectivity index (χ2v) is 4.77. The lowest BCUT2D eigenvalue weighted by atomic mass is 10.1. The summed E-state index contributed by atoms with van der Waals surface area (Å²) in [7, 11) is 0. The SMILES string of the molecule is O=C(NCC1(C(=O)O)CC1)Nc1ccccc1OC(F)F. The molecule has 0 heterocycles. The number of benzene rings is 1. The predicted molar refractivity (Wildman–Crippen MR) is 69.4 cm³/mol. The van der Waals surface area contributed by atoms with E-state index in [1.54, 1.807) is 6.07 Å². The van der Waals surface area contributed by atoms with Gasteiger partial charge in [0, 0.05) is 6.54 Å². The fourth-order valence-electron chi connectivity index (χ4n) is 1.80. The van der Waals surface area contributed by atoms with Crippen LogP contribution in [0.2, 0.25) is 0 Å². The number of alkyl halides is 2. The molecule has 8 heteroatoms. The Morgan fingerprint density at radius 1 is 1.33 bits per heavy atom. The molecule has 6 nitrogen and oxygen atoms in total. The molecule has 3 N–H and O–H groups in total. The zero-order chi connectivity index (χ0) is 15.5. The molecule has 114 valence electrons. The Labute approximate surface area is 119 Å². The molecule has 1 aromatic rings. The van der Waals surface area contributed by atoms with Gasteiger partial charge in [-0.1, -0.05) is 12.1 Å². The third-order valence-corrected chi connectivity index (χ3v) is 3.25. The highest BCUT2D eigenvalue weighted by Crippen LogP contribution is 2.45. The number of hydrogen-bond donors (Lipinski definition) is 3. The van der Waals surface area contributed by atoms with Gasteiger partial charge in [0.25, 0.3) is 0 Å². The minimum absolute atomic E-state index is 0.00790. The minimum atomic E-state index is -3.00. The molecule has 1 aliphatic rings. The van der Waals surface area contributed by atoms with Crippen molar-refractivity contribution >= 4 is 17.7 Å². The Hall–Kier alpha value is -2.38. The number of carboxylic acid groups (broad SMARTS) is 1. The van der Waals surface area contributed by atoms with E-state index in [9.17, 15) is 18.4 Å². The first kappa shape index (κ1) is 15.0. The molecule has 1 aromatic carbocycles. The van der Waals surface area contributed by atoms with Crippen molar-refractivity contribution in [3.8, 4) is 5.75 Å². The van der Waals surface area contributed by atoms with Crippen LogP contribution < -0.4 is 15.4 Å². The highest BCUT2D eigenvalue weighted by Gasteiger charge is 2.50. The number of urea groups is 1. The van der Waals surface area contributed by atoms with E-state index >= 15 is 0 Å². The smallest absolute Gasteiger partial charge is 0.387 e. The molecule has 2 rings (SSSR count). The fourth-order valence-corrected chi connectivity index (χ4v) is 1.80. The lowest BCUT2D eigenvalue weighted by molar-refractivity contribution is -0.143. The molecule has 21 heavy (non-hydrogen) atoms. The average molecular weight is 300 g/mol. The van der Waals surface area contributed by atoms with E-state index in [1.807, 2.05) is 0 Å². The van der Waals surface area contributed by atoms with Crippen LogP contribution in [0, 0.1) is 5.41 Å². The Kier molecular flexibility index (Phi) is 4.25. The number of nitrogens with one attached hydrogen (secondary N) is 2. The summed E-state index contributed by atoms with van der Waals surface area (Å²) in [6, 6.07) is 5.06. The molecule has 0 unspecified atom stereocenters. The summed E-state index contributed by atoms with van der Waals surface area (Å²) >= 11 is 0. The van der Waals surface area contributed by atoms with Crippen molar-refractivity contribution < 1.29 is 28.2 Å². The van der Waals surface area contributed by atoms with Gasteiger partial charge in [0.2, 0.25) is 0 Å². The monoisotopic (exact) mass is 300 g/mol. The number of hydrogen-bond acceptors (Lipinski definition) is 3. The van der Waals surface area contributed by atoms with E-state index in [4.69, 9.17) is 5.11 Å². The van der Waals surface area contributed by atoms with E-state index in [1.165, 1.54) is 18.2 Å². The molecule has 0 aliphatic heterocycles. The molecule has 2 amide bonds. The Bertz CT molecular complexity index is 547. The lowest BCUT2D eigenvalue weighted by Gasteiger charge is -2.14. The van der Waals surface area contributed by atoms with E-state index in [2.05, 4.69) is 15.4 Å². The Morgan fingerprint density at radius 3 is 2.57 bits per heavy atom. The number of carboxylic acids is 1. The van der Waals surface area contributed by atoms with Gasteiger partial charge in [-0.3, -0.25) is 4.79 Å². The highest BCUT2D eigenvalue weighted by atomic mass is 19.3. The van der Waals surface area contributed by atoms with Crippen molar-refractivity contribution in [1.29, 1.82) is 0 Å². The summed E-state index contributed by atoms with van der Waals surface area (Å²) in [4.78, 5) is 22.6. The van der Waals surface area contributed by atoms with Gasteiger partial charge in [-0.15, -0.1) is 0 Å². The van der Waals surface area contributed by atoms with Crippen molar-refractivity contribution in [2.45, 2.75) is 19.5 Å². The molecular formula is C13H14F2N2O4. The van der Waals surface area contributed by atoms with Crippen LogP contribution >= 0.6 is 0 Å². The van der Waals surface area contributed by atoms with Crippen LogP contribution in [0.15, 0.2) is 24.3 Å². The predicted octanol–water partition coefficient (Wildman–Crippen LogP) is 2.27. The summed E-state index contributed by atoms with van der Waals surface area (Å²) in [6.45, 7) is -3.01. The number of ether oxygens (including phenoxy) is 1. The van der Waals surface area contributed by atoms with Gasteiger partial charge >= 0.3 is 18.6 Å².